The van der Waals surface area contributed by atoms with Crippen LogP contribution in [0.2, 0.25) is 0 Å². The van der Waals surface area contributed by atoms with Crippen LogP contribution in [0.4, 0.5) is 0 Å². The summed E-state index contributed by atoms with van der Waals surface area (Å²) in [7, 11) is 0. The Balaban J connectivity index is 1.37. The third-order valence-electron chi connectivity index (χ3n) is 11.4. The molecule has 1 aromatic heterocycles. The molecule has 0 radical (unpaired) electrons. The van der Waals surface area contributed by atoms with Gasteiger partial charge in [-0.3, -0.25) is 4.79 Å². The van der Waals surface area contributed by atoms with Crippen molar-refractivity contribution in [1.82, 2.24) is 0 Å². The summed E-state index contributed by atoms with van der Waals surface area (Å²) in [6, 6.07) is 3.09. The molecule has 49 heavy (non-hydrogen) atoms. The zero-order valence-corrected chi connectivity index (χ0v) is 29.5. The Morgan fingerprint density at radius 3 is 2.69 bits per heavy atom. The van der Waals surface area contributed by atoms with E-state index in [2.05, 4.69) is 20.8 Å². The zero-order valence-electron chi connectivity index (χ0n) is 29.5. The maximum Gasteiger partial charge on any atom is 0.374 e. The van der Waals surface area contributed by atoms with Crippen LogP contribution in [0, 0.1) is 23.7 Å². The predicted molar refractivity (Wildman–Crippen MR) is 180 cm³/mol. The van der Waals surface area contributed by atoms with E-state index in [4.69, 9.17) is 28.1 Å². The number of furan rings is 1. The van der Waals surface area contributed by atoms with Gasteiger partial charge in [-0.1, -0.05) is 64.5 Å². The topological polar surface area (TPSA) is 134 Å². The van der Waals surface area contributed by atoms with Gasteiger partial charge in [0.15, 0.2) is 11.9 Å². The highest BCUT2D eigenvalue weighted by Crippen LogP contribution is 2.48. The van der Waals surface area contributed by atoms with E-state index >= 15 is 0 Å². The van der Waals surface area contributed by atoms with Crippen molar-refractivity contribution in [3.8, 4) is 0 Å². The number of hydrogen-bond acceptors (Lipinski definition) is 10. The van der Waals surface area contributed by atoms with Crippen molar-refractivity contribution in [2.45, 2.75) is 128 Å². The Bertz CT molecular complexity index is 1490. The molecule has 10 heteroatoms. The summed E-state index contributed by atoms with van der Waals surface area (Å²) in [5, 5.41) is 23.8. The highest BCUT2D eigenvalue weighted by Gasteiger charge is 2.61. The summed E-state index contributed by atoms with van der Waals surface area (Å²) in [4.78, 5) is 27.3. The second-order valence-electron chi connectivity index (χ2n) is 14.9. The van der Waals surface area contributed by atoms with Gasteiger partial charge in [0.1, 0.15) is 23.7 Å². The standard InChI is InChI=1S/C39H52O10/c1-7-22(2)33-25(5)15-16-38(49-33)20-29-19-28(48-38)14-13-24(4)32(40)23(3)10-8-11-27-21-45-35-34(47-37(42)31-12-9-17-44-31)26(6)18-30(36(41)46-29)39(27,35)43/h8-13,17-18,22-23,25,28-30,32-35,40,43H,7,14-16,19-21H2,1-6H3/b10-8+,24-13+,27-11+/t22-,23-,25-,28+,29-,30-,32-,33+,34+,35+,38+,39+/m0/s1. The molecule has 5 aliphatic rings. The van der Waals surface area contributed by atoms with Gasteiger partial charge in [-0.15, -0.1) is 0 Å². The Morgan fingerprint density at radius 2 is 1.96 bits per heavy atom. The average molecular weight is 681 g/mol. The van der Waals surface area contributed by atoms with Crippen LogP contribution in [0.25, 0.3) is 0 Å². The van der Waals surface area contributed by atoms with Gasteiger partial charge in [0, 0.05) is 25.2 Å². The van der Waals surface area contributed by atoms with Crippen molar-refractivity contribution in [2.24, 2.45) is 23.7 Å². The van der Waals surface area contributed by atoms with Crippen LogP contribution in [0.3, 0.4) is 0 Å². The summed E-state index contributed by atoms with van der Waals surface area (Å²) in [5.41, 5.74) is -0.0459. The summed E-state index contributed by atoms with van der Waals surface area (Å²) in [6.07, 6.45) is 10.7. The van der Waals surface area contributed by atoms with Crippen LogP contribution in [0.1, 0.15) is 90.6 Å². The fourth-order valence-corrected chi connectivity index (χ4v) is 8.26. The fraction of sp³-hybridized carbons (Fsp3) is 0.641. The molecule has 0 aromatic carbocycles. The van der Waals surface area contributed by atoms with Gasteiger partial charge in [0.25, 0.3) is 0 Å². The monoisotopic (exact) mass is 680 g/mol. The van der Waals surface area contributed by atoms with Gasteiger partial charge in [0.05, 0.1) is 31.2 Å². The Kier molecular flexibility index (Phi) is 10.5. The molecule has 1 aliphatic carbocycles. The van der Waals surface area contributed by atoms with E-state index in [1.807, 2.05) is 26.0 Å². The van der Waals surface area contributed by atoms with Crippen molar-refractivity contribution >= 4 is 11.9 Å². The lowest BCUT2D eigenvalue weighted by molar-refractivity contribution is -0.340. The Morgan fingerprint density at radius 1 is 1.16 bits per heavy atom. The summed E-state index contributed by atoms with van der Waals surface area (Å²) < 4.78 is 37.2. The molecule has 12 atom stereocenters. The first-order chi connectivity index (χ1) is 23.3. The molecule has 268 valence electrons. The number of esters is 2. The zero-order chi connectivity index (χ0) is 35.1. The largest absolute Gasteiger partial charge is 0.462 e. The van der Waals surface area contributed by atoms with E-state index in [1.165, 1.54) is 12.3 Å². The molecule has 0 saturated carbocycles. The minimum Gasteiger partial charge on any atom is -0.462 e. The van der Waals surface area contributed by atoms with Crippen LogP contribution in [0.15, 0.2) is 69.9 Å². The first-order valence-corrected chi connectivity index (χ1v) is 17.9. The minimum absolute atomic E-state index is 0.00650. The van der Waals surface area contributed by atoms with E-state index in [1.54, 1.807) is 31.2 Å². The molecular formula is C39H52O10. The van der Waals surface area contributed by atoms with Gasteiger partial charge in [-0.25, -0.2) is 4.79 Å². The summed E-state index contributed by atoms with van der Waals surface area (Å²) in [6.45, 7) is 12.2. The van der Waals surface area contributed by atoms with Crippen molar-refractivity contribution in [1.29, 1.82) is 0 Å². The molecular weight excluding hydrogens is 628 g/mol. The molecule has 6 rings (SSSR count). The van der Waals surface area contributed by atoms with Crippen molar-refractivity contribution in [3.05, 3.63) is 71.3 Å². The second-order valence-corrected chi connectivity index (χ2v) is 14.9. The number of aliphatic hydroxyl groups is 2. The molecule has 3 fully saturated rings. The lowest BCUT2D eigenvalue weighted by atomic mass is 9.70. The fourth-order valence-electron chi connectivity index (χ4n) is 8.26. The maximum absolute atomic E-state index is 14.3. The summed E-state index contributed by atoms with van der Waals surface area (Å²) >= 11 is 0. The molecule has 1 aromatic rings. The van der Waals surface area contributed by atoms with E-state index in [9.17, 15) is 19.8 Å². The van der Waals surface area contributed by atoms with Crippen molar-refractivity contribution < 1.29 is 47.9 Å². The van der Waals surface area contributed by atoms with Gasteiger partial charge >= 0.3 is 11.9 Å². The van der Waals surface area contributed by atoms with E-state index in [0.717, 1.165) is 18.4 Å². The molecule has 2 N–H and O–H groups in total. The van der Waals surface area contributed by atoms with Crippen molar-refractivity contribution in [2.75, 3.05) is 6.61 Å². The average Bonchev–Trinajstić information content (AvgIpc) is 3.74. The lowest BCUT2D eigenvalue weighted by Crippen LogP contribution is -2.59. The molecule has 0 unspecified atom stereocenters. The molecule has 0 amide bonds. The van der Waals surface area contributed by atoms with Gasteiger partial charge < -0.3 is 38.3 Å². The molecule has 1 spiro atoms. The van der Waals surface area contributed by atoms with E-state index in [0.29, 0.717) is 48.7 Å². The number of ether oxygens (including phenoxy) is 5. The Labute approximate surface area is 289 Å². The number of carbonyl (C=O) groups excluding carboxylic acids is 2. The highest BCUT2D eigenvalue weighted by atomic mass is 16.7. The first kappa shape index (κ1) is 35.8. The third kappa shape index (κ3) is 7.00. The lowest BCUT2D eigenvalue weighted by Gasteiger charge is -2.51. The van der Waals surface area contributed by atoms with Crippen LogP contribution in [-0.4, -0.2) is 76.8 Å². The normalized spacial score (nSPS) is 43.2. The molecule has 2 bridgehead atoms. The van der Waals surface area contributed by atoms with E-state index in [-0.39, 0.29) is 30.5 Å². The maximum atomic E-state index is 14.3. The van der Waals surface area contributed by atoms with Crippen LogP contribution in [0.5, 0.6) is 0 Å². The van der Waals surface area contributed by atoms with Crippen molar-refractivity contribution in [3.63, 3.8) is 0 Å². The van der Waals surface area contributed by atoms with Crippen LogP contribution >= 0.6 is 0 Å². The quantitative estimate of drug-likeness (QED) is 0.289. The summed E-state index contributed by atoms with van der Waals surface area (Å²) in [5.74, 6) is -2.86. The van der Waals surface area contributed by atoms with Crippen LogP contribution < -0.4 is 0 Å². The van der Waals surface area contributed by atoms with Gasteiger partial charge in [-0.05, 0) is 67.4 Å². The van der Waals surface area contributed by atoms with E-state index < -0.39 is 53.7 Å². The number of hydrogen-bond donors (Lipinski definition) is 2. The van der Waals surface area contributed by atoms with Crippen LogP contribution in [-0.2, 0) is 28.5 Å². The number of allylic oxidation sites excluding steroid dienone is 2. The molecule has 4 aliphatic heterocycles. The SMILES string of the molecule is CC[C@H](C)[C@H]1O[C@]2(CC[C@@H]1C)C[C@@H]1C[C@@H](C/C=C(\C)[C@@H](O)[C@@H](C)/C=C/C=C3\CO[C@@H]4[C@H](OC(=O)c5ccco5)C(C)=C[C@@H](C(=O)O1)[C@]34O)O2. The predicted octanol–water partition coefficient (Wildman–Crippen LogP) is 5.99. The second kappa shape index (κ2) is 14.3. The van der Waals surface area contributed by atoms with Gasteiger partial charge in [-0.2, -0.15) is 0 Å². The number of fused-ring (bicyclic) bond motifs is 2. The smallest absolute Gasteiger partial charge is 0.374 e. The highest BCUT2D eigenvalue weighted by molar-refractivity contribution is 5.86. The molecule has 5 heterocycles. The number of rotatable bonds is 4. The molecule has 10 nitrogen and oxygen atoms in total. The minimum atomic E-state index is -1.87. The van der Waals surface area contributed by atoms with Gasteiger partial charge in [0.2, 0.25) is 5.76 Å². The first-order valence-electron chi connectivity index (χ1n) is 17.9. The Hall–Kier alpha value is -3.02. The number of aliphatic hydroxyl groups excluding tert-OH is 1. The molecule has 3 saturated heterocycles. The third-order valence-corrected chi connectivity index (χ3v) is 11.4. The number of carbonyl (C=O) groups is 2.